The van der Waals surface area contributed by atoms with Crippen LogP contribution in [0, 0.1) is 0 Å². The zero-order chi connectivity index (χ0) is 10.2. The van der Waals surface area contributed by atoms with E-state index in [9.17, 15) is 0 Å². The third kappa shape index (κ3) is 1.68. The molecule has 0 fully saturated rings. The van der Waals surface area contributed by atoms with Crippen molar-refractivity contribution in [2.45, 2.75) is 31.8 Å². The number of hydrogen-bond donors (Lipinski definition) is 2. The van der Waals surface area contributed by atoms with Crippen molar-refractivity contribution in [1.29, 1.82) is 0 Å². The smallest absolute Gasteiger partial charge is 0.0451 e. The molecule has 14 heavy (non-hydrogen) atoms. The van der Waals surface area contributed by atoms with Crippen molar-refractivity contribution >= 4 is 0 Å². The van der Waals surface area contributed by atoms with Gasteiger partial charge in [0, 0.05) is 18.1 Å². The molecular formula is C12H18N2. The van der Waals surface area contributed by atoms with E-state index in [0.717, 1.165) is 6.42 Å². The van der Waals surface area contributed by atoms with Crippen LogP contribution in [-0.2, 0) is 6.42 Å². The SMILES string of the molecule is CC1(C)Cc2ccccc2C(CN)N1. The first kappa shape index (κ1) is 9.69. The molecule has 2 heteroatoms. The zero-order valence-electron chi connectivity index (χ0n) is 8.88. The highest BCUT2D eigenvalue weighted by Gasteiger charge is 2.29. The van der Waals surface area contributed by atoms with Gasteiger partial charge in [-0.2, -0.15) is 0 Å². The summed E-state index contributed by atoms with van der Waals surface area (Å²) in [6.45, 7) is 5.12. The molecule has 3 N–H and O–H groups in total. The van der Waals surface area contributed by atoms with Gasteiger partial charge in [0.15, 0.2) is 0 Å². The Balaban J connectivity index is 2.41. The first-order valence-corrected chi connectivity index (χ1v) is 5.18. The summed E-state index contributed by atoms with van der Waals surface area (Å²) in [7, 11) is 0. The van der Waals surface area contributed by atoms with Gasteiger partial charge in [-0.15, -0.1) is 0 Å². The van der Waals surface area contributed by atoms with Gasteiger partial charge in [0.2, 0.25) is 0 Å². The van der Waals surface area contributed by atoms with Crippen molar-refractivity contribution in [2.75, 3.05) is 6.54 Å². The molecule has 1 aromatic rings. The fourth-order valence-corrected chi connectivity index (χ4v) is 2.30. The number of nitrogens with two attached hydrogens (primary N) is 1. The number of nitrogens with one attached hydrogen (secondary N) is 1. The Bertz CT molecular complexity index is 331. The van der Waals surface area contributed by atoms with Crippen LogP contribution in [0.2, 0.25) is 0 Å². The molecular weight excluding hydrogens is 172 g/mol. The lowest BCUT2D eigenvalue weighted by Crippen LogP contribution is -2.49. The van der Waals surface area contributed by atoms with Gasteiger partial charge in [-0.1, -0.05) is 24.3 Å². The van der Waals surface area contributed by atoms with Crippen LogP contribution in [0.1, 0.15) is 31.0 Å². The minimum atomic E-state index is 0.165. The number of hydrogen-bond acceptors (Lipinski definition) is 2. The Labute approximate surface area is 85.5 Å². The van der Waals surface area contributed by atoms with Crippen molar-refractivity contribution in [2.24, 2.45) is 5.73 Å². The van der Waals surface area contributed by atoms with Gasteiger partial charge in [-0.3, -0.25) is 0 Å². The Morgan fingerprint density at radius 3 is 2.86 bits per heavy atom. The maximum Gasteiger partial charge on any atom is 0.0451 e. The average Bonchev–Trinajstić information content (AvgIpc) is 2.15. The maximum atomic E-state index is 5.78. The first-order chi connectivity index (χ1) is 6.62. The molecule has 0 aromatic heterocycles. The molecule has 0 radical (unpaired) electrons. The van der Waals surface area contributed by atoms with Crippen LogP contribution >= 0.6 is 0 Å². The Morgan fingerprint density at radius 2 is 2.14 bits per heavy atom. The molecule has 0 amide bonds. The second kappa shape index (κ2) is 3.37. The Kier molecular flexibility index (Phi) is 2.33. The summed E-state index contributed by atoms with van der Waals surface area (Å²) in [6.07, 6.45) is 1.08. The lowest BCUT2D eigenvalue weighted by molar-refractivity contribution is 0.313. The van der Waals surface area contributed by atoms with Gasteiger partial charge in [-0.05, 0) is 31.4 Å². The van der Waals surface area contributed by atoms with Crippen LogP contribution < -0.4 is 11.1 Å². The summed E-state index contributed by atoms with van der Waals surface area (Å²) in [5.74, 6) is 0. The van der Waals surface area contributed by atoms with Gasteiger partial charge in [0.1, 0.15) is 0 Å². The third-order valence-corrected chi connectivity index (χ3v) is 2.86. The van der Waals surface area contributed by atoms with E-state index < -0.39 is 0 Å². The van der Waals surface area contributed by atoms with Crippen LogP contribution in [0.4, 0.5) is 0 Å². The Morgan fingerprint density at radius 1 is 1.43 bits per heavy atom. The van der Waals surface area contributed by atoms with E-state index in [1.807, 2.05) is 0 Å². The number of rotatable bonds is 1. The first-order valence-electron chi connectivity index (χ1n) is 5.18. The second-order valence-corrected chi connectivity index (χ2v) is 4.69. The van der Waals surface area contributed by atoms with E-state index in [1.165, 1.54) is 11.1 Å². The van der Waals surface area contributed by atoms with Crippen LogP contribution in [0.25, 0.3) is 0 Å². The van der Waals surface area contributed by atoms with Crippen molar-refractivity contribution in [3.63, 3.8) is 0 Å². The number of fused-ring (bicyclic) bond motifs is 1. The maximum absolute atomic E-state index is 5.78. The molecule has 1 heterocycles. The lowest BCUT2D eigenvalue weighted by atomic mass is 9.84. The molecule has 2 rings (SSSR count). The van der Waals surface area contributed by atoms with Crippen LogP contribution in [0.15, 0.2) is 24.3 Å². The molecule has 0 saturated carbocycles. The zero-order valence-corrected chi connectivity index (χ0v) is 8.88. The molecule has 0 aliphatic carbocycles. The van der Waals surface area contributed by atoms with Gasteiger partial charge < -0.3 is 11.1 Å². The summed E-state index contributed by atoms with van der Waals surface area (Å²) in [4.78, 5) is 0. The molecule has 0 saturated heterocycles. The fraction of sp³-hybridized carbons (Fsp3) is 0.500. The highest BCUT2D eigenvalue weighted by molar-refractivity contribution is 5.34. The van der Waals surface area contributed by atoms with Gasteiger partial charge in [-0.25, -0.2) is 0 Å². The van der Waals surface area contributed by atoms with Gasteiger partial charge >= 0.3 is 0 Å². The van der Waals surface area contributed by atoms with Crippen molar-refractivity contribution in [3.05, 3.63) is 35.4 Å². The summed E-state index contributed by atoms with van der Waals surface area (Å²) in [5, 5.41) is 3.57. The quantitative estimate of drug-likeness (QED) is 0.706. The predicted octanol–water partition coefficient (Wildman–Crippen LogP) is 1.61. The van der Waals surface area contributed by atoms with Crippen LogP contribution in [-0.4, -0.2) is 12.1 Å². The molecule has 1 unspecified atom stereocenters. The normalized spacial score (nSPS) is 24.4. The van der Waals surface area contributed by atoms with Gasteiger partial charge in [0.25, 0.3) is 0 Å². The molecule has 76 valence electrons. The summed E-state index contributed by atoms with van der Waals surface area (Å²) >= 11 is 0. The van der Waals surface area contributed by atoms with E-state index in [1.54, 1.807) is 0 Å². The highest BCUT2D eigenvalue weighted by atomic mass is 15.0. The van der Waals surface area contributed by atoms with E-state index in [0.29, 0.717) is 12.6 Å². The Hall–Kier alpha value is -0.860. The summed E-state index contributed by atoms with van der Waals surface area (Å²) in [5.41, 5.74) is 8.75. The average molecular weight is 190 g/mol. The monoisotopic (exact) mass is 190 g/mol. The van der Waals surface area contributed by atoms with E-state index in [2.05, 4.69) is 43.4 Å². The molecule has 1 aliphatic rings. The fourth-order valence-electron chi connectivity index (χ4n) is 2.30. The highest BCUT2D eigenvalue weighted by Crippen LogP contribution is 2.29. The van der Waals surface area contributed by atoms with Crippen molar-refractivity contribution in [1.82, 2.24) is 5.32 Å². The summed E-state index contributed by atoms with van der Waals surface area (Å²) < 4.78 is 0. The van der Waals surface area contributed by atoms with E-state index in [4.69, 9.17) is 5.73 Å². The van der Waals surface area contributed by atoms with Crippen LogP contribution in [0.3, 0.4) is 0 Å². The third-order valence-electron chi connectivity index (χ3n) is 2.86. The standard InChI is InChI=1S/C12H18N2/c1-12(2)7-9-5-3-4-6-10(9)11(8-13)14-12/h3-6,11,14H,7-8,13H2,1-2H3. The molecule has 1 aliphatic heterocycles. The second-order valence-electron chi connectivity index (χ2n) is 4.69. The molecule has 1 atom stereocenters. The molecule has 0 bridgehead atoms. The minimum absolute atomic E-state index is 0.165. The van der Waals surface area contributed by atoms with Crippen LogP contribution in [0.5, 0.6) is 0 Å². The lowest BCUT2D eigenvalue weighted by Gasteiger charge is -2.38. The van der Waals surface area contributed by atoms with E-state index in [-0.39, 0.29) is 5.54 Å². The molecule has 0 spiro atoms. The van der Waals surface area contributed by atoms with Crippen molar-refractivity contribution in [3.8, 4) is 0 Å². The summed E-state index contributed by atoms with van der Waals surface area (Å²) in [6, 6.07) is 8.89. The topological polar surface area (TPSA) is 38.0 Å². The van der Waals surface area contributed by atoms with E-state index >= 15 is 0 Å². The molecule has 2 nitrogen and oxygen atoms in total. The minimum Gasteiger partial charge on any atom is -0.329 e. The largest absolute Gasteiger partial charge is 0.329 e. The van der Waals surface area contributed by atoms with Crippen molar-refractivity contribution < 1.29 is 0 Å². The number of benzene rings is 1. The molecule has 1 aromatic carbocycles. The van der Waals surface area contributed by atoms with Gasteiger partial charge in [0.05, 0.1) is 0 Å². The predicted molar refractivity (Wildman–Crippen MR) is 59.2 cm³/mol.